The molecule has 1 aromatic heterocycles. The molecule has 1 unspecified atom stereocenters. The van der Waals surface area contributed by atoms with Crippen LogP contribution >= 0.6 is 0 Å². The lowest BCUT2D eigenvalue weighted by molar-refractivity contribution is -0.135. The van der Waals surface area contributed by atoms with Gasteiger partial charge in [0.05, 0.1) is 17.9 Å². The average Bonchev–Trinajstić information content (AvgIpc) is 3.13. The molecule has 2 aromatic rings. The molecular formula is C26H39N5O. The van der Waals surface area contributed by atoms with Crippen molar-refractivity contribution in [3.05, 3.63) is 53.1 Å². The first-order valence-electron chi connectivity index (χ1n) is 12.2. The van der Waals surface area contributed by atoms with E-state index in [1.165, 1.54) is 17.0 Å². The molecule has 174 valence electrons. The number of piperidine rings is 1. The number of nitrogens with two attached hydrogens (primary N) is 1. The predicted molar refractivity (Wildman–Crippen MR) is 128 cm³/mol. The molecule has 3 heterocycles. The van der Waals surface area contributed by atoms with Crippen molar-refractivity contribution in [2.24, 2.45) is 11.7 Å². The summed E-state index contributed by atoms with van der Waals surface area (Å²) in [6.07, 6.45) is 4.08. The molecule has 1 saturated heterocycles. The first-order chi connectivity index (χ1) is 15.3. The van der Waals surface area contributed by atoms with E-state index in [0.717, 1.165) is 51.1 Å². The normalized spacial score (nSPS) is 19.8. The molecule has 0 spiro atoms. The molecule has 6 nitrogen and oxygen atoms in total. The van der Waals surface area contributed by atoms with Gasteiger partial charge in [-0.1, -0.05) is 44.2 Å². The third-order valence-electron chi connectivity index (χ3n) is 7.34. The summed E-state index contributed by atoms with van der Waals surface area (Å²) in [5, 5.41) is 0. The second-order valence-electron chi connectivity index (χ2n) is 9.96. The van der Waals surface area contributed by atoms with E-state index >= 15 is 0 Å². The maximum atomic E-state index is 12.6. The van der Waals surface area contributed by atoms with Crippen LogP contribution in [-0.4, -0.2) is 50.9 Å². The van der Waals surface area contributed by atoms with Crippen molar-refractivity contribution in [1.82, 2.24) is 19.4 Å². The van der Waals surface area contributed by atoms with Crippen LogP contribution in [0.2, 0.25) is 0 Å². The molecule has 6 heteroatoms. The van der Waals surface area contributed by atoms with Gasteiger partial charge in [-0.25, -0.2) is 4.98 Å². The van der Waals surface area contributed by atoms with Gasteiger partial charge in [-0.2, -0.15) is 0 Å². The Morgan fingerprint density at radius 2 is 1.81 bits per heavy atom. The van der Waals surface area contributed by atoms with Gasteiger partial charge in [0.2, 0.25) is 5.91 Å². The van der Waals surface area contributed by atoms with Gasteiger partial charge in [0, 0.05) is 50.1 Å². The van der Waals surface area contributed by atoms with E-state index < -0.39 is 0 Å². The average molecular weight is 438 g/mol. The van der Waals surface area contributed by atoms with Gasteiger partial charge in [0.15, 0.2) is 0 Å². The second-order valence-corrected chi connectivity index (χ2v) is 9.96. The third kappa shape index (κ3) is 4.76. The maximum Gasteiger partial charge on any atom is 0.225 e. The number of hydrogen-bond donors (Lipinski definition) is 1. The largest absolute Gasteiger partial charge is 0.336 e. The van der Waals surface area contributed by atoms with Crippen LogP contribution in [0.3, 0.4) is 0 Å². The summed E-state index contributed by atoms with van der Waals surface area (Å²) in [5.41, 5.74) is 10.2. The van der Waals surface area contributed by atoms with Crippen LogP contribution < -0.4 is 5.73 Å². The minimum atomic E-state index is 0.0426. The molecular weight excluding hydrogens is 398 g/mol. The van der Waals surface area contributed by atoms with Crippen molar-refractivity contribution in [2.45, 2.75) is 78.0 Å². The van der Waals surface area contributed by atoms with Crippen LogP contribution in [-0.2, 0) is 17.8 Å². The number of amides is 1. The van der Waals surface area contributed by atoms with E-state index in [9.17, 15) is 4.79 Å². The lowest BCUT2D eigenvalue weighted by atomic mass is 9.97. The van der Waals surface area contributed by atoms with Gasteiger partial charge in [-0.3, -0.25) is 4.79 Å². The number of aryl methyl sites for hydroxylation is 1. The second kappa shape index (κ2) is 9.75. The van der Waals surface area contributed by atoms with Crippen LogP contribution in [0, 0.1) is 12.8 Å². The van der Waals surface area contributed by atoms with E-state index in [-0.39, 0.29) is 17.9 Å². The molecule has 1 fully saturated rings. The highest BCUT2D eigenvalue weighted by molar-refractivity contribution is 5.78. The summed E-state index contributed by atoms with van der Waals surface area (Å²) in [4.78, 5) is 22.1. The smallest absolute Gasteiger partial charge is 0.225 e. The lowest BCUT2D eigenvalue weighted by Gasteiger charge is -2.39. The predicted octanol–water partition coefficient (Wildman–Crippen LogP) is 3.85. The van der Waals surface area contributed by atoms with E-state index in [1.54, 1.807) is 0 Å². The van der Waals surface area contributed by atoms with Crippen LogP contribution in [0.4, 0.5) is 0 Å². The number of likely N-dealkylation sites (tertiary alicyclic amines) is 1. The SMILES string of the molecule is Cc1nc2c(n1C1CCN(C(C)C[C@H](N)c3ccccc3)CC1)CN(C(=O)C(C)C)CC2. The number of carbonyl (C=O) groups is 1. The summed E-state index contributed by atoms with van der Waals surface area (Å²) in [6.45, 7) is 12.1. The summed E-state index contributed by atoms with van der Waals surface area (Å²) in [6, 6.07) is 11.4. The number of rotatable bonds is 6. The monoisotopic (exact) mass is 437 g/mol. The number of hydrogen-bond acceptors (Lipinski definition) is 4. The van der Waals surface area contributed by atoms with Gasteiger partial charge in [-0.05, 0) is 38.7 Å². The zero-order valence-electron chi connectivity index (χ0n) is 20.1. The fourth-order valence-electron chi connectivity index (χ4n) is 5.49. The van der Waals surface area contributed by atoms with Gasteiger partial charge in [0.25, 0.3) is 0 Å². The molecule has 2 aliphatic heterocycles. The van der Waals surface area contributed by atoms with Crippen molar-refractivity contribution in [2.75, 3.05) is 19.6 Å². The topological polar surface area (TPSA) is 67.4 Å². The van der Waals surface area contributed by atoms with Crippen LogP contribution in [0.5, 0.6) is 0 Å². The molecule has 0 bridgehead atoms. The Morgan fingerprint density at radius 1 is 1.12 bits per heavy atom. The number of carbonyl (C=O) groups excluding carboxylic acids is 1. The molecule has 0 aliphatic carbocycles. The number of aromatic nitrogens is 2. The van der Waals surface area contributed by atoms with Crippen molar-refractivity contribution in [1.29, 1.82) is 0 Å². The molecule has 0 radical (unpaired) electrons. The number of imidazole rings is 1. The molecule has 2 atom stereocenters. The number of nitrogens with zero attached hydrogens (tertiary/aromatic N) is 4. The van der Waals surface area contributed by atoms with Gasteiger partial charge in [-0.15, -0.1) is 0 Å². The zero-order chi connectivity index (χ0) is 22.8. The Balaban J connectivity index is 1.39. The lowest BCUT2D eigenvalue weighted by Crippen LogP contribution is -2.43. The minimum Gasteiger partial charge on any atom is -0.336 e. The first-order valence-corrected chi connectivity index (χ1v) is 12.2. The van der Waals surface area contributed by atoms with Gasteiger partial charge in [0.1, 0.15) is 5.82 Å². The highest BCUT2D eigenvalue weighted by Gasteiger charge is 2.31. The zero-order valence-corrected chi connectivity index (χ0v) is 20.1. The fraction of sp³-hybridized carbons (Fsp3) is 0.615. The molecule has 2 aliphatic rings. The third-order valence-corrected chi connectivity index (χ3v) is 7.34. The summed E-state index contributed by atoms with van der Waals surface area (Å²) in [5.74, 6) is 1.40. The highest BCUT2D eigenvalue weighted by atomic mass is 16.2. The van der Waals surface area contributed by atoms with Crippen LogP contribution in [0.25, 0.3) is 0 Å². The fourth-order valence-corrected chi connectivity index (χ4v) is 5.49. The number of benzene rings is 1. The van der Waals surface area contributed by atoms with Crippen molar-refractivity contribution < 1.29 is 4.79 Å². The Bertz CT molecular complexity index is 914. The minimum absolute atomic E-state index is 0.0426. The molecule has 32 heavy (non-hydrogen) atoms. The van der Waals surface area contributed by atoms with Crippen molar-refractivity contribution in [3.8, 4) is 0 Å². The Labute approximate surface area is 192 Å². The molecule has 0 saturated carbocycles. The quantitative estimate of drug-likeness (QED) is 0.745. The molecule has 1 aromatic carbocycles. The van der Waals surface area contributed by atoms with Crippen LogP contribution in [0.1, 0.15) is 74.9 Å². The summed E-state index contributed by atoms with van der Waals surface area (Å²) < 4.78 is 2.45. The Morgan fingerprint density at radius 3 is 2.47 bits per heavy atom. The van der Waals surface area contributed by atoms with E-state index in [0.29, 0.717) is 18.6 Å². The Kier molecular flexibility index (Phi) is 7.01. The van der Waals surface area contributed by atoms with Crippen molar-refractivity contribution >= 4 is 5.91 Å². The standard InChI is InChI=1S/C26H39N5O/c1-18(2)26(32)30-15-12-24-25(17-30)31(20(4)28-24)22-10-13-29(14-11-22)19(3)16-23(27)21-8-6-5-7-9-21/h5-9,18-19,22-23H,10-17,27H2,1-4H3/t19?,23-/m0/s1. The van der Waals surface area contributed by atoms with E-state index in [1.807, 2.05) is 24.8 Å². The summed E-state index contributed by atoms with van der Waals surface area (Å²) in [7, 11) is 0. The van der Waals surface area contributed by atoms with Crippen LogP contribution in [0.15, 0.2) is 30.3 Å². The van der Waals surface area contributed by atoms with E-state index in [4.69, 9.17) is 10.7 Å². The highest BCUT2D eigenvalue weighted by Crippen LogP contribution is 2.32. The molecule has 2 N–H and O–H groups in total. The van der Waals surface area contributed by atoms with Gasteiger partial charge < -0.3 is 20.1 Å². The van der Waals surface area contributed by atoms with E-state index in [2.05, 4.69) is 47.6 Å². The number of fused-ring (bicyclic) bond motifs is 1. The Hall–Kier alpha value is -2.18. The van der Waals surface area contributed by atoms with Crippen molar-refractivity contribution in [3.63, 3.8) is 0 Å². The molecule has 1 amide bonds. The summed E-state index contributed by atoms with van der Waals surface area (Å²) >= 11 is 0. The first kappa shape index (κ1) is 23.0. The maximum absolute atomic E-state index is 12.6. The van der Waals surface area contributed by atoms with Gasteiger partial charge >= 0.3 is 0 Å². The molecule has 4 rings (SSSR count).